The van der Waals surface area contributed by atoms with Crippen LogP contribution in [0.25, 0.3) is 0 Å². The molecule has 2 aliphatic rings. The molecule has 1 fully saturated rings. The fourth-order valence-electron chi connectivity index (χ4n) is 3.22. The lowest BCUT2D eigenvalue weighted by Gasteiger charge is -2.25. The molecule has 0 saturated heterocycles. The summed E-state index contributed by atoms with van der Waals surface area (Å²) in [6, 6.07) is 14.9. The monoisotopic (exact) mass is 339 g/mol. The number of amides is 1. The number of anilines is 1. The van der Waals surface area contributed by atoms with Crippen LogP contribution >= 0.6 is 0 Å². The van der Waals surface area contributed by atoms with Crippen LogP contribution in [0.15, 0.2) is 48.5 Å². The van der Waals surface area contributed by atoms with Gasteiger partial charge in [0.15, 0.2) is 11.5 Å². The van der Waals surface area contributed by atoms with Crippen LogP contribution in [-0.2, 0) is 4.79 Å². The van der Waals surface area contributed by atoms with Crippen molar-refractivity contribution in [2.75, 3.05) is 11.9 Å². The van der Waals surface area contributed by atoms with E-state index in [9.17, 15) is 4.79 Å². The second-order valence-corrected chi connectivity index (χ2v) is 6.41. The SMILES string of the molecule is O=C(Nc1cccc(OC2CCCC2)c1)[C@@H]1COc2ccccc2O1. The van der Waals surface area contributed by atoms with Gasteiger partial charge in [-0.25, -0.2) is 0 Å². The van der Waals surface area contributed by atoms with Crippen LogP contribution in [0.3, 0.4) is 0 Å². The number of hydrogen-bond acceptors (Lipinski definition) is 4. The van der Waals surface area contributed by atoms with Gasteiger partial charge in [-0.1, -0.05) is 18.2 Å². The van der Waals surface area contributed by atoms with Crippen LogP contribution < -0.4 is 19.5 Å². The molecular weight excluding hydrogens is 318 g/mol. The van der Waals surface area contributed by atoms with Gasteiger partial charge in [-0.15, -0.1) is 0 Å². The molecule has 1 aliphatic carbocycles. The zero-order valence-corrected chi connectivity index (χ0v) is 13.9. The van der Waals surface area contributed by atoms with Gasteiger partial charge in [0, 0.05) is 11.8 Å². The Morgan fingerprint density at radius 2 is 1.84 bits per heavy atom. The Bertz CT molecular complexity index is 755. The number of para-hydroxylation sites is 2. The van der Waals surface area contributed by atoms with Gasteiger partial charge in [0.05, 0.1) is 6.10 Å². The second-order valence-electron chi connectivity index (χ2n) is 6.41. The van der Waals surface area contributed by atoms with E-state index in [1.807, 2.05) is 42.5 Å². The highest BCUT2D eigenvalue weighted by Crippen LogP contribution is 2.31. The molecule has 5 heteroatoms. The molecule has 0 radical (unpaired) electrons. The maximum absolute atomic E-state index is 12.5. The number of ether oxygens (including phenoxy) is 3. The predicted octanol–water partition coefficient (Wildman–Crippen LogP) is 3.79. The lowest BCUT2D eigenvalue weighted by molar-refractivity contribution is -0.125. The smallest absolute Gasteiger partial charge is 0.269 e. The van der Waals surface area contributed by atoms with Gasteiger partial charge in [-0.2, -0.15) is 0 Å². The van der Waals surface area contributed by atoms with Gasteiger partial charge >= 0.3 is 0 Å². The van der Waals surface area contributed by atoms with E-state index in [1.54, 1.807) is 6.07 Å². The minimum Gasteiger partial charge on any atom is -0.490 e. The van der Waals surface area contributed by atoms with Crippen molar-refractivity contribution in [1.29, 1.82) is 0 Å². The standard InChI is InChI=1S/C20H21NO4/c22-20(19-13-23-17-10-3-4-11-18(17)25-19)21-14-6-5-9-16(12-14)24-15-7-1-2-8-15/h3-6,9-12,15,19H,1-2,7-8,13H2,(H,21,22)/t19-/m0/s1. The van der Waals surface area contributed by atoms with Crippen LogP contribution in [0.1, 0.15) is 25.7 Å². The van der Waals surface area contributed by atoms with E-state index in [0.717, 1.165) is 18.6 Å². The van der Waals surface area contributed by atoms with E-state index < -0.39 is 6.10 Å². The Labute approximate surface area is 146 Å². The molecule has 5 nitrogen and oxygen atoms in total. The van der Waals surface area contributed by atoms with E-state index in [4.69, 9.17) is 14.2 Å². The van der Waals surface area contributed by atoms with Crippen molar-refractivity contribution in [3.63, 3.8) is 0 Å². The maximum atomic E-state index is 12.5. The van der Waals surface area contributed by atoms with E-state index in [1.165, 1.54) is 12.8 Å². The topological polar surface area (TPSA) is 56.8 Å². The number of benzene rings is 2. The molecule has 1 heterocycles. The highest BCUT2D eigenvalue weighted by Gasteiger charge is 2.27. The van der Waals surface area contributed by atoms with E-state index in [0.29, 0.717) is 17.2 Å². The fraction of sp³-hybridized carbons (Fsp3) is 0.350. The summed E-state index contributed by atoms with van der Waals surface area (Å²) in [4.78, 5) is 12.5. The van der Waals surface area contributed by atoms with Gasteiger partial charge in [-0.3, -0.25) is 4.79 Å². The summed E-state index contributed by atoms with van der Waals surface area (Å²) in [5.74, 6) is 1.81. The lowest BCUT2D eigenvalue weighted by atomic mass is 10.2. The number of nitrogens with one attached hydrogen (secondary N) is 1. The van der Waals surface area contributed by atoms with Gasteiger partial charge in [0.1, 0.15) is 12.4 Å². The Morgan fingerprint density at radius 3 is 2.68 bits per heavy atom. The minimum atomic E-state index is -0.672. The van der Waals surface area contributed by atoms with Gasteiger partial charge in [0.2, 0.25) is 6.10 Å². The first kappa shape index (κ1) is 15.8. The Morgan fingerprint density at radius 1 is 1.04 bits per heavy atom. The molecule has 2 aromatic rings. The zero-order valence-electron chi connectivity index (χ0n) is 13.9. The average molecular weight is 339 g/mol. The molecule has 130 valence electrons. The quantitative estimate of drug-likeness (QED) is 0.921. The van der Waals surface area contributed by atoms with Crippen LogP contribution in [0.5, 0.6) is 17.2 Å². The Balaban J connectivity index is 1.39. The molecule has 1 aliphatic heterocycles. The van der Waals surface area contributed by atoms with Crippen molar-refractivity contribution in [3.05, 3.63) is 48.5 Å². The number of fused-ring (bicyclic) bond motifs is 1. The molecular formula is C20H21NO4. The molecule has 25 heavy (non-hydrogen) atoms. The third-order valence-electron chi connectivity index (χ3n) is 4.51. The minimum absolute atomic E-state index is 0.196. The van der Waals surface area contributed by atoms with Crippen molar-refractivity contribution in [2.45, 2.75) is 37.9 Å². The summed E-state index contributed by atoms with van der Waals surface area (Å²) < 4.78 is 17.3. The van der Waals surface area contributed by atoms with Crippen molar-refractivity contribution in [3.8, 4) is 17.2 Å². The Hall–Kier alpha value is -2.69. The molecule has 0 aromatic heterocycles. The normalized spacial score (nSPS) is 19.4. The maximum Gasteiger partial charge on any atom is 0.269 e. The summed E-state index contributed by atoms with van der Waals surface area (Å²) in [6.07, 6.45) is 4.27. The number of carbonyl (C=O) groups is 1. The second kappa shape index (κ2) is 7.05. The number of rotatable bonds is 4. The van der Waals surface area contributed by atoms with E-state index in [-0.39, 0.29) is 18.6 Å². The average Bonchev–Trinajstić information content (AvgIpc) is 3.14. The highest BCUT2D eigenvalue weighted by molar-refractivity contribution is 5.94. The van der Waals surface area contributed by atoms with Crippen molar-refractivity contribution >= 4 is 11.6 Å². The van der Waals surface area contributed by atoms with Crippen LogP contribution in [-0.4, -0.2) is 24.7 Å². The fourth-order valence-corrected chi connectivity index (χ4v) is 3.22. The third-order valence-corrected chi connectivity index (χ3v) is 4.51. The molecule has 0 unspecified atom stereocenters. The number of hydrogen-bond donors (Lipinski definition) is 1. The van der Waals surface area contributed by atoms with Crippen molar-refractivity contribution in [2.24, 2.45) is 0 Å². The van der Waals surface area contributed by atoms with Gasteiger partial charge in [-0.05, 0) is 49.9 Å². The molecule has 1 N–H and O–H groups in total. The number of carbonyl (C=O) groups excluding carboxylic acids is 1. The first-order valence-electron chi connectivity index (χ1n) is 8.74. The van der Waals surface area contributed by atoms with Crippen LogP contribution in [0, 0.1) is 0 Å². The molecule has 4 rings (SSSR count). The van der Waals surface area contributed by atoms with Gasteiger partial charge < -0.3 is 19.5 Å². The third kappa shape index (κ3) is 3.71. The largest absolute Gasteiger partial charge is 0.490 e. The summed E-state index contributed by atoms with van der Waals surface area (Å²) in [7, 11) is 0. The highest BCUT2D eigenvalue weighted by atomic mass is 16.6. The van der Waals surface area contributed by atoms with Crippen LogP contribution in [0.2, 0.25) is 0 Å². The first-order valence-corrected chi connectivity index (χ1v) is 8.74. The van der Waals surface area contributed by atoms with E-state index in [2.05, 4.69) is 5.32 Å². The van der Waals surface area contributed by atoms with Crippen molar-refractivity contribution < 1.29 is 19.0 Å². The van der Waals surface area contributed by atoms with Crippen molar-refractivity contribution in [1.82, 2.24) is 0 Å². The lowest BCUT2D eigenvalue weighted by Crippen LogP contribution is -2.40. The molecule has 1 amide bonds. The van der Waals surface area contributed by atoms with Crippen LogP contribution in [0.4, 0.5) is 5.69 Å². The van der Waals surface area contributed by atoms with E-state index >= 15 is 0 Å². The molecule has 1 atom stereocenters. The molecule has 0 spiro atoms. The summed E-state index contributed by atoms with van der Waals surface area (Å²) in [5, 5.41) is 2.88. The predicted molar refractivity (Wildman–Crippen MR) is 94.3 cm³/mol. The summed E-state index contributed by atoms with van der Waals surface area (Å²) in [5.41, 5.74) is 0.697. The first-order chi connectivity index (χ1) is 12.3. The summed E-state index contributed by atoms with van der Waals surface area (Å²) >= 11 is 0. The van der Waals surface area contributed by atoms with Gasteiger partial charge in [0.25, 0.3) is 5.91 Å². The Kier molecular flexibility index (Phi) is 4.46. The molecule has 1 saturated carbocycles. The molecule has 0 bridgehead atoms. The molecule has 2 aromatic carbocycles. The zero-order chi connectivity index (χ0) is 17.1. The summed E-state index contributed by atoms with van der Waals surface area (Å²) in [6.45, 7) is 0.196.